The third-order valence-electron chi connectivity index (χ3n) is 8.97. The number of nitrogens with zero attached hydrogens (tertiary/aromatic N) is 1. The fourth-order valence-corrected chi connectivity index (χ4v) is 7.33. The second-order valence-corrected chi connectivity index (χ2v) is 10.8. The van der Waals surface area contributed by atoms with Gasteiger partial charge in [0.15, 0.2) is 11.9 Å². The van der Waals surface area contributed by atoms with E-state index in [2.05, 4.69) is 22.6 Å². The molecule has 9 heteroatoms. The Morgan fingerprint density at radius 3 is 2.76 bits per heavy atom. The van der Waals surface area contributed by atoms with E-state index >= 15 is 0 Å². The first-order valence-electron chi connectivity index (χ1n) is 13.1. The van der Waals surface area contributed by atoms with Gasteiger partial charge < -0.3 is 20.4 Å². The minimum Gasteiger partial charge on any atom is -0.480 e. The number of carbonyl (C=O) groups excluding carboxylic acids is 4. The van der Waals surface area contributed by atoms with Crippen molar-refractivity contribution in [1.82, 2.24) is 15.5 Å². The average molecular weight is 515 g/mol. The summed E-state index contributed by atoms with van der Waals surface area (Å²) in [6, 6.07) is 11.5. The second kappa shape index (κ2) is 9.16. The van der Waals surface area contributed by atoms with Gasteiger partial charge in [-0.3, -0.25) is 24.5 Å². The van der Waals surface area contributed by atoms with Crippen LogP contribution in [-0.4, -0.2) is 67.4 Å². The summed E-state index contributed by atoms with van der Waals surface area (Å²) < 4.78 is 6.37. The zero-order valence-electron chi connectivity index (χ0n) is 21.2. The molecule has 38 heavy (non-hydrogen) atoms. The van der Waals surface area contributed by atoms with Crippen molar-refractivity contribution in [2.24, 2.45) is 5.92 Å². The molecule has 0 radical (unpaired) electrons. The van der Waals surface area contributed by atoms with Crippen LogP contribution in [0.1, 0.15) is 51.4 Å². The second-order valence-electron chi connectivity index (χ2n) is 10.8. The van der Waals surface area contributed by atoms with E-state index in [1.807, 2.05) is 24.3 Å². The molecule has 2 aliphatic heterocycles. The summed E-state index contributed by atoms with van der Waals surface area (Å²) in [4.78, 5) is 51.2. The molecule has 3 N–H and O–H groups in total. The number of hydrogen-bond donors (Lipinski definition) is 3. The summed E-state index contributed by atoms with van der Waals surface area (Å²) >= 11 is 0. The van der Waals surface area contributed by atoms with Crippen molar-refractivity contribution in [3.8, 4) is 5.75 Å². The molecule has 2 aromatic carbocycles. The molecule has 6 rings (SSSR count). The molecule has 0 aromatic heterocycles. The Labute approximate surface area is 220 Å². The maximum absolute atomic E-state index is 13.3. The third-order valence-corrected chi connectivity index (χ3v) is 8.97. The minimum absolute atomic E-state index is 0.142. The van der Waals surface area contributed by atoms with Crippen molar-refractivity contribution < 1.29 is 23.9 Å². The SMILES string of the molecule is CN1CC23c4c5ccc(C(=O)NCCc6ccc(C(C=N)C(=O)NC=O)cc6)c4OC2C(=O)CCC3C1C5. The Morgan fingerprint density at radius 1 is 1.24 bits per heavy atom. The van der Waals surface area contributed by atoms with Gasteiger partial charge in [-0.15, -0.1) is 0 Å². The molecule has 2 heterocycles. The quantitative estimate of drug-likeness (QED) is 0.362. The van der Waals surface area contributed by atoms with E-state index in [0.29, 0.717) is 54.6 Å². The van der Waals surface area contributed by atoms with Gasteiger partial charge in [-0.2, -0.15) is 0 Å². The van der Waals surface area contributed by atoms with E-state index in [1.54, 1.807) is 12.1 Å². The lowest BCUT2D eigenvalue weighted by Gasteiger charge is -2.43. The lowest BCUT2D eigenvalue weighted by Crippen LogP contribution is -2.55. The Kier molecular flexibility index (Phi) is 5.90. The van der Waals surface area contributed by atoms with E-state index in [0.717, 1.165) is 36.7 Å². The highest BCUT2D eigenvalue weighted by Gasteiger charge is 2.68. The van der Waals surface area contributed by atoms with Gasteiger partial charge in [-0.25, -0.2) is 0 Å². The van der Waals surface area contributed by atoms with Crippen molar-refractivity contribution >= 4 is 30.2 Å². The van der Waals surface area contributed by atoms with Gasteiger partial charge in [0, 0.05) is 37.3 Å². The van der Waals surface area contributed by atoms with E-state index in [4.69, 9.17) is 10.1 Å². The first kappa shape index (κ1) is 24.5. The summed E-state index contributed by atoms with van der Waals surface area (Å²) in [6.45, 7) is 1.19. The lowest BCUT2D eigenvalue weighted by atomic mass is 9.57. The van der Waals surface area contributed by atoms with Gasteiger partial charge in [-0.05, 0) is 55.0 Å². The van der Waals surface area contributed by atoms with Crippen LogP contribution in [0, 0.1) is 11.3 Å². The Balaban J connectivity index is 1.17. The van der Waals surface area contributed by atoms with Crippen molar-refractivity contribution in [2.45, 2.75) is 49.2 Å². The number of likely N-dealkylation sites (N-methyl/N-ethyl adjacent to an activating group) is 1. The van der Waals surface area contributed by atoms with Crippen LogP contribution in [0.15, 0.2) is 36.4 Å². The molecular formula is C29H30N4O5. The first-order chi connectivity index (χ1) is 18.4. The van der Waals surface area contributed by atoms with Crippen molar-refractivity contribution in [3.63, 3.8) is 0 Å². The normalized spacial score (nSPS) is 27.2. The molecule has 2 fully saturated rings. The van der Waals surface area contributed by atoms with Gasteiger partial charge in [0.1, 0.15) is 5.75 Å². The fraction of sp³-hybridized carbons (Fsp3) is 0.414. The standard InChI is InChI=1S/C29H30N4O5/c1-33-14-29-21-8-9-23(35)26(29)38-25-19(7-6-18(24(25)29)12-22(21)33)27(36)31-11-10-16-2-4-17(5-3-16)20(13-30)28(37)32-15-34/h2-7,13,15,20-22,26,30H,8-12,14H2,1H3,(H,31,36)(H,32,34,37). The number of ether oxygens (including phenoxy) is 1. The molecule has 2 bridgehead atoms. The predicted octanol–water partition coefficient (Wildman–Crippen LogP) is 1.51. The number of Topliss-reactive ketones (excluding diaryl/α,β-unsaturated/α-hetero) is 1. The molecule has 9 nitrogen and oxygen atoms in total. The van der Waals surface area contributed by atoms with E-state index in [9.17, 15) is 19.2 Å². The summed E-state index contributed by atoms with van der Waals surface area (Å²) in [5, 5.41) is 12.6. The molecular weight excluding hydrogens is 484 g/mol. The zero-order chi connectivity index (χ0) is 26.6. The van der Waals surface area contributed by atoms with Crippen molar-refractivity contribution in [3.05, 3.63) is 64.2 Å². The van der Waals surface area contributed by atoms with Crippen LogP contribution in [-0.2, 0) is 32.6 Å². The summed E-state index contributed by atoms with van der Waals surface area (Å²) in [5.41, 5.74) is 3.99. The number of benzene rings is 2. The fourth-order valence-electron chi connectivity index (χ4n) is 7.33. The highest BCUT2D eigenvalue weighted by molar-refractivity contribution is 6.02. The van der Waals surface area contributed by atoms with Crippen LogP contribution in [0.2, 0.25) is 0 Å². The molecule has 2 aliphatic carbocycles. The molecule has 5 atom stereocenters. The molecule has 2 aromatic rings. The summed E-state index contributed by atoms with van der Waals surface area (Å²) in [5.74, 6) is -0.501. The predicted molar refractivity (Wildman–Crippen MR) is 139 cm³/mol. The van der Waals surface area contributed by atoms with Gasteiger partial charge in [0.2, 0.25) is 12.3 Å². The monoisotopic (exact) mass is 514 g/mol. The molecule has 4 aliphatic rings. The van der Waals surface area contributed by atoms with E-state index < -0.39 is 17.9 Å². The number of amides is 3. The first-order valence-corrected chi connectivity index (χ1v) is 13.1. The minimum atomic E-state index is -0.838. The number of likely N-dealkylation sites (tertiary alicyclic amines) is 1. The highest BCUT2D eigenvalue weighted by Crippen LogP contribution is 2.62. The summed E-state index contributed by atoms with van der Waals surface area (Å²) in [6.07, 6.45) is 3.70. The van der Waals surface area contributed by atoms with Gasteiger partial charge >= 0.3 is 0 Å². The number of rotatable bonds is 8. The Hall–Kier alpha value is -3.85. The highest BCUT2D eigenvalue weighted by atomic mass is 16.5. The molecule has 3 amide bonds. The number of carbonyl (C=O) groups is 4. The number of ketones is 1. The maximum Gasteiger partial charge on any atom is 0.255 e. The van der Waals surface area contributed by atoms with Gasteiger partial charge in [-0.1, -0.05) is 30.3 Å². The van der Waals surface area contributed by atoms with Gasteiger partial charge in [0.05, 0.1) is 16.9 Å². The lowest BCUT2D eigenvalue weighted by molar-refractivity contribution is -0.132. The third kappa shape index (κ3) is 3.52. The Morgan fingerprint density at radius 2 is 2.03 bits per heavy atom. The van der Waals surface area contributed by atoms with E-state index in [1.165, 1.54) is 5.56 Å². The molecule has 1 saturated carbocycles. The summed E-state index contributed by atoms with van der Waals surface area (Å²) in [7, 11) is 2.13. The largest absolute Gasteiger partial charge is 0.480 e. The van der Waals surface area contributed by atoms with Crippen LogP contribution in [0.4, 0.5) is 0 Å². The zero-order valence-corrected chi connectivity index (χ0v) is 21.2. The van der Waals surface area contributed by atoms with E-state index in [-0.39, 0.29) is 17.1 Å². The van der Waals surface area contributed by atoms with Crippen LogP contribution >= 0.6 is 0 Å². The molecule has 196 valence electrons. The number of nitrogens with one attached hydrogen (secondary N) is 3. The molecule has 1 saturated heterocycles. The molecule has 1 spiro atoms. The van der Waals surface area contributed by atoms with Crippen LogP contribution < -0.4 is 15.4 Å². The van der Waals surface area contributed by atoms with Crippen molar-refractivity contribution in [1.29, 1.82) is 5.41 Å². The van der Waals surface area contributed by atoms with Crippen molar-refractivity contribution in [2.75, 3.05) is 20.1 Å². The topological polar surface area (TPSA) is 129 Å². The Bertz CT molecular complexity index is 1360. The van der Waals surface area contributed by atoms with Gasteiger partial charge in [0.25, 0.3) is 5.91 Å². The molecule has 5 unspecified atom stereocenters. The smallest absolute Gasteiger partial charge is 0.255 e. The maximum atomic E-state index is 13.3. The van der Waals surface area contributed by atoms with Crippen LogP contribution in [0.25, 0.3) is 0 Å². The van der Waals surface area contributed by atoms with Crippen LogP contribution in [0.5, 0.6) is 5.75 Å². The van der Waals surface area contributed by atoms with Crippen LogP contribution in [0.3, 0.4) is 0 Å². The number of imide groups is 1. The average Bonchev–Trinajstić information content (AvgIpc) is 3.35. The number of hydrogen-bond acceptors (Lipinski definition) is 7.